The van der Waals surface area contributed by atoms with E-state index in [1.54, 1.807) is 18.2 Å². The van der Waals surface area contributed by atoms with Crippen molar-refractivity contribution in [3.63, 3.8) is 0 Å². The molecule has 0 atom stereocenters. The van der Waals surface area contributed by atoms with Crippen LogP contribution in [0.4, 0.5) is 5.69 Å². The molecule has 0 aliphatic heterocycles. The third-order valence-electron chi connectivity index (χ3n) is 2.67. The largest absolute Gasteiger partial charge is 0.280 e. The molecule has 7 heteroatoms. The van der Waals surface area contributed by atoms with Gasteiger partial charge in [-0.15, -0.1) is 11.8 Å². The summed E-state index contributed by atoms with van der Waals surface area (Å²) in [6, 6.07) is 13.0. The first-order valence-electron chi connectivity index (χ1n) is 5.83. The minimum Gasteiger partial charge on any atom is -0.280 e. The smallest absolute Gasteiger partial charge is 0.263 e. The maximum Gasteiger partial charge on any atom is 0.263 e. The zero-order valence-corrected chi connectivity index (χ0v) is 13.4. The highest BCUT2D eigenvalue weighted by atomic mass is 35.5. The van der Waals surface area contributed by atoms with E-state index >= 15 is 0 Å². The number of rotatable bonds is 4. The van der Waals surface area contributed by atoms with E-state index in [2.05, 4.69) is 4.72 Å². The van der Waals surface area contributed by atoms with Gasteiger partial charge in [0.05, 0.1) is 16.7 Å². The highest BCUT2D eigenvalue weighted by Gasteiger charge is 2.19. The van der Waals surface area contributed by atoms with Crippen LogP contribution in [0, 0.1) is 11.3 Å². The summed E-state index contributed by atoms with van der Waals surface area (Å²) in [5, 5.41) is 8.94. The van der Waals surface area contributed by atoms with Crippen LogP contribution < -0.4 is 4.72 Å². The van der Waals surface area contributed by atoms with Crippen LogP contribution in [0.3, 0.4) is 0 Å². The van der Waals surface area contributed by atoms with Gasteiger partial charge >= 0.3 is 0 Å². The molecule has 0 aliphatic rings. The predicted molar refractivity (Wildman–Crippen MR) is 85.2 cm³/mol. The number of halogens is 1. The Hall–Kier alpha value is -1.68. The zero-order chi connectivity index (χ0) is 15.5. The molecule has 0 saturated heterocycles. The topological polar surface area (TPSA) is 70.0 Å². The first-order valence-corrected chi connectivity index (χ1v) is 8.91. The summed E-state index contributed by atoms with van der Waals surface area (Å²) >= 11 is 7.44. The minimum atomic E-state index is -3.84. The maximum absolute atomic E-state index is 12.4. The Kier molecular flexibility index (Phi) is 4.78. The van der Waals surface area contributed by atoms with Crippen molar-refractivity contribution in [2.24, 2.45) is 0 Å². The minimum absolute atomic E-state index is 0.0718. The van der Waals surface area contributed by atoms with Crippen LogP contribution in [0.2, 0.25) is 5.02 Å². The third-order valence-corrected chi connectivity index (χ3v) is 5.26. The Morgan fingerprint density at radius 3 is 2.67 bits per heavy atom. The number of nitrogens with zero attached hydrogens (tertiary/aromatic N) is 1. The second kappa shape index (κ2) is 6.39. The van der Waals surface area contributed by atoms with E-state index < -0.39 is 10.0 Å². The fourth-order valence-corrected chi connectivity index (χ4v) is 3.71. The number of hydrogen-bond acceptors (Lipinski definition) is 4. The summed E-state index contributed by atoms with van der Waals surface area (Å²) < 4.78 is 27.2. The van der Waals surface area contributed by atoms with Crippen molar-refractivity contribution >= 4 is 39.1 Å². The highest BCUT2D eigenvalue weighted by molar-refractivity contribution is 7.98. The molecule has 2 aromatic rings. The lowest BCUT2D eigenvalue weighted by Crippen LogP contribution is -2.13. The van der Waals surface area contributed by atoms with Gasteiger partial charge in [0.15, 0.2) is 0 Å². The van der Waals surface area contributed by atoms with Crippen molar-refractivity contribution in [2.45, 2.75) is 9.79 Å². The van der Waals surface area contributed by atoms with Gasteiger partial charge in [0, 0.05) is 10.6 Å². The molecule has 0 spiro atoms. The number of nitriles is 1. The van der Waals surface area contributed by atoms with E-state index in [4.69, 9.17) is 16.9 Å². The first kappa shape index (κ1) is 15.7. The Labute approximate surface area is 132 Å². The van der Waals surface area contributed by atoms with Gasteiger partial charge in [0.2, 0.25) is 0 Å². The highest BCUT2D eigenvalue weighted by Crippen LogP contribution is 2.26. The van der Waals surface area contributed by atoms with Crippen LogP contribution in [-0.4, -0.2) is 14.7 Å². The van der Waals surface area contributed by atoms with Gasteiger partial charge in [-0.25, -0.2) is 8.42 Å². The van der Waals surface area contributed by atoms with Crippen LogP contribution in [0.25, 0.3) is 0 Å². The predicted octanol–water partition coefficient (Wildman–Crippen LogP) is 3.73. The summed E-state index contributed by atoms with van der Waals surface area (Å²) in [4.78, 5) is 0.824. The second-order valence-electron chi connectivity index (χ2n) is 4.09. The van der Waals surface area contributed by atoms with E-state index in [1.165, 1.54) is 30.0 Å². The van der Waals surface area contributed by atoms with Gasteiger partial charge in [-0.2, -0.15) is 5.26 Å². The summed E-state index contributed by atoms with van der Waals surface area (Å²) in [6.45, 7) is 0. The Morgan fingerprint density at radius 1 is 1.24 bits per heavy atom. The van der Waals surface area contributed by atoms with Gasteiger partial charge in [-0.3, -0.25) is 4.72 Å². The monoisotopic (exact) mass is 338 g/mol. The van der Waals surface area contributed by atoms with Gasteiger partial charge in [0.1, 0.15) is 4.90 Å². The molecule has 0 saturated carbocycles. The van der Waals surface area contributed by atoms with Crippen molar-refractivity contribution in [3.8, 4) is 6.07 Å². The normalized spacial score (nSPS) is 10.9. The molecule has 0 heterocycles. The second-order valence-corrected chi connectivity index (χ2v) is 7.03. The van der Waals surface area contributed by atoms with Crippen molar-refractivity contribution in [3.05, 3.63) is 53.1 Å². The van der Waals surface area contributed by atoms with Crippen LogP contribution in [0.5, 0.6) is 0 Å². The van der Waals surface area contributed by atoms with Gasteiger partial charge in [-0.05, 0) is 42.7 Å². The molecule has 0 amide bonds. The summed E-state index contributed by atoms with van der Waals surface area (Å²) in [7, 11) is -3.84. The van der Waals surface area contributed by atoms with E-state index in [1.807, 2.05) is 18.4 Å². The molecule has 4 nitrogen and oxygen atoms in total. The summed E-state index contributed by atoms with van der Waals surface area (Å²) in [6.07, 6.45) is 1.90. The molecule has 1 N–H and O–H groups in total. The molecule has 2 rings (SSSR count). The van der Waals surface area contributed by atoms with Crippen molar-refractivity contribution in [1.82, 2.24) is 0 Å². The average Bonchev–Trinajstić information content (AvgIpc) is 2.47. The molecule has 108 valence electrons. The Morgan fingerprint density at radius 2 is 2.00 bits per heavy atom. The molecular weight excluding hydrogens is 328 g/mol. The Balaban J connectivity index is 2.41. The third kappa shape index (κ3) is 3.70. The lowest BCUT2D eigenvalue weighted by Gasteiger charge is -2.10. The zero-order valence-electron chi connectivity index (χ0n) is 11.0. The fraction of sp³-hybridized carbons (Fsp3) is 0.0714. The number of sulfonamides is 1. The Bertz CT molecular complexity index is 814. The van der Waals surface area contributed by atoms with Crippen molar-refractivity contribution < 1.29 is 8.42 Å². The molecule has 0 aromatic heterocycles. The SMILES string of the molecule is CSc1cccc(NS(=O)(=O)c2cc(C#N)ccc2Cl)c1. The van der Waals surface area contributed by atoms with Crippen LogP contribution in [-0.2, 0) is 10.0 Å². The molecular formula is C14H11ClN2O2S2. The van der Waals surface area contributed by atoms with Crippen LogP contribution in [0.15, 0.2) is 52.3 Å². The van der Waals surface area contributed by atoms with E-state index in [-0.39, 0.29) is 15.5 Å². The molecule has 21 heavy (non-hydrogen) atoms. The standard InChI is InChI=1S/C14H11ClN2O2S2/c1-20-12-4-2-3-11(8-12)17-21(18,19)14-7-10(9-16)5-6-13(14)15/h2-8,17H,1H3. The van der Waals surface area contributed by atoms with Gasteiger partial charge in [-0.1, -0.05) is 17.7 Å². The number of benzene rings is 2. The molecule has 2 aromatic carbocycles. The first-order chi connectivity index (χ1) is 9.96. The fourth-order valence-electron chi connectivity index (χ4n) is 1.68. The lowest BCUT2D eigenvalue weighted by molar-refractivity contribution is 0.601. The lowest BCUT2D eigenvalue weighted by atomic mass is 10.2. The van der Waals surface area contributed by atoms with Crippen LogP contribution >= 0.6 is 23.4 Å². The number of hydrogen-bond donors (Lipinski definition) is 1. The molecule has 0 radical (unpaired) electrons. The molecule has 0 fully saturated rings. The molecule has 0 bridgehead atoms. The van der Waals surface area contributed by atoms with Gasteiger partial charge < -0.3 is 0 Å². The summed E-state index contributed by atoms with van der Waals surface area (Å²) in [5.74, 6) is 0. The van der Waals surface area contributed by atoms with Crippen molar-refractivity contribution in [2.75, 3.05) is 11.0 Å². The molecule has 0 unspecified atom stereocenters. The molecule has 0 aliphatic carbocycles. The van der Waals surface area contributed by atoms with E-state index in [9.17, 15) is 8.42 Å². The van der Waals surface area contributed by atoms with Crippen molar-refractivity contribution in [1.29, 1.82) is 5.26 Å². The van der Waals surface area contributed by atoms with Crippen LogP contribution in [0.1, 0.15) is 5.56 Å². The average molecular weight is 339 g/mol. The van der Waals surface area contributed by atoms with E-state index in [0.29, 0.717) is 5.69 Å². The number of anilines is 1. The maximum atomic E-state index is 12.4. The summed E-state index contributed by atoms with van der Waals surface area (Å²) in [5.41, 5.74) is 0.679. The quantitative estimate of drug-likeness (QED) is 0.862. The number of nitrogens with one attached hydrogen (secondary N) is 1. The number of thioether (sulfide) groups is 1. The van der Waals surface area contributed by atoms with E-state index in [0.717, 1.165) is 4.90 Å². The van der Waals surface area contributed by atoms with Gasteiger partial charge in [0.25, 0.3) is 10.0 Å².